The van der Waals surface area contributed by atoms with Crippen LogP contribution in [0.15, 0.2) is 36.4 Å². The van der Waals surface area contributed by atoms with Gasteiger partial charge in [-0.2, -0.15) is 0 Å². The van der Waals surface area contributed by atoms with Crippen molar-refractivity contribution in [1.82, 2.24) is 10.3 Å². The van der Waals surface area contributed by atoms with Gasteiger partial charge in [-0.05, 0) is 73.7 Å². The minimum absolute atomic E-state index is 0.714. The van der Waals surface area contributed by atoms with E-state index in [9.17, 15) is 0 Å². The minimum atomic E-state index is 0.714. The number of benzene rings is 2. The number of aromatic amines is 1. The normalized spacial score (nSPS) is 14.2. The molecule has 0 amide bonds. The summed E-state index contributed by atoms with van der Waals surface area (Å²) in [6.45, 7) is 4.84. The van der Waals surface area contributed by atoms with E-state index in [1.807, 2.05) is 25.1 Å². The second kappa shape index (κ2) is 7.73. The van der Waals surface area contributed by atoms with E-state index in [2.05, 4.69) is 28.5 Å². The van der Waals surface area contributed by atoms with E-state index >= 15 is 0 Å². The van der Waals surface area contributed by atoms with Gasteiger partial charge in [-0.25, -0.2) is 0 Å². The number of rotatable bonds is 5. The zero-order valence-electron chi connectivity index (χ0n) is 15.2. The number of aromatic nitrogens is 1. The predicted octanol–water partition coefficient (Wildman–Crippen LogP) is 4.83. The molecule has 0 spiro atoms. The molecule has 2 heterocycles. The number of hydrogen-bond donors (Lipinski definition) is 2. The van der Waals surface area contributed by atoms with Crippen LogP contribution in [-0.4, -0.2) is 24.7 Å². The third-order valence-corrected chi connectivity index (χ3v) is 5.62. The van der Waals surface area contributed by atoms with Crippen molar-refractivity contribution in [3.63, 3.8) is 0 Å². The molecule has 0 unspecified atom stereocenters. The molecule has 4 rings (SSSR count). The molecule has 0 saturated heterocycles. The van der Waals surface area contributed by atoms with Gasteiger partial charge in [0, 0.05) is 34.6 Å². The summed E-state index contributed by atoms with van der Waals surface area (Å²) in [4.78, 5) is 3.64. The monoisotopic (exact) mass is 368 g/mol. The first kappa shape index (κ1) is 17.4. The van der Waals surface area contributed by atoms with E-state index in [-0.39, 0.29) is 0 Å². The zero-order chi connectivity index (χ0) is 17.9. The van der Waals surface area contributed by atoms with Gasteiger partial charge in [-0.3, -0.25) is 0 Å². The molecule has 2 N–H and O–H groups in total. The van der Waals surface area contributed by atoms with E-state index in [0.717, 1.165) is 55.1 Å². The fraction of sp³-hybridized carbons (Fsp3) is 0.364. The molecular weight excluding hydrogens is 344 g/mol. The van der Waals surface area contributed by atoms with E-state index in [0.29, 0.717) is 6.61 Å². The molecule has 0 saturated carbocycles. The summed E-state index contributed by atoms with van der Waals surface area (Å²) < 4.78 is 5.91. The second-order valence-electron chi connectivity index (χ2n) is 7.03. The smallest absolute Gasteiger partial charge is 0.119 e. The van der Waals surface area contributed by atoms with Crippen molar-refractivity contribution in [1.29, 1.82) is 0 Å². The van der Waals surface area contributed by atoms with Crippen molar-refractivity contribution in [2.24, 2.45) is 0 Å². The van der Waals surface area contributed by atoms with E-state index in [1.54, 1.807) is 0 Å². The first-order valence-electron chi connectivity index (χ1n) is 9.43. The molecule has 1 aromatic heterocycles. The Balaban J connectivity index is 1.45. The largest absolute Gasteiger partial charge is 0.494 e. The van der Waals surface area contributed by atoms with Crippen molar-refractivity contribution in [3.05, 3.63) is 63.8 Å². The Morgan fingerprint density at radius 3 is 2.88 bits per heavy atom. The Morgan fingerprint density at radius 2 is 2.00 bits per heavy atom. The average Bonchev–Trinajstić information content (AvgIpc) is 2.84. The van der Waals surface area contributed by atoms with Gasteiger partial charge in [0.05, 0.1) is 6.61 Å². The summed E-state index contributed by atoms with van der Waals surface area (Å²) in [6, 6.07) is 12.5. The van der Waals surface area contributed by atoms with Gasteiger partial charge in [0.15, 0.2) is 0 Å². The highest BCUT2D eigenvalue weighted by molar-refractivity contribution is 6.31. The van der Waals surface area contributed by atoms with Gasteiger partial charge >= 0.3 is 0 Å². The van der Waals surface area contributed by atoms with E-state index < -0.39 is 0 Å². The molecule has 3 nitrogen and oxygen atoms in total. The van der Waals surface area contributed by atoms with Gasteiger partial charge in [0.2, 0.25) is 0 Å². The number of nitrogens with one attached hydrogen (secondary N) is 2. The maximum absolute atomic E-state index is 6.07. The number of H-pyrrole nitrogens is 1. The van der Waals surface area contributed by atoms with Crippen LogP contribution in [0.1, 0.15) is 28.8 Å². The molecular formula is C22H25ClN2O. The summed E-state index contributed by atoms with van der Waals surface area (Å²) in [5.74, 6) is 0.895. The highest BCUT2D eigenvalue weighted by atomic mass is 35.5. The summed E-state index contributed by atoms with van der Waals surface area (Å²) in [7, 11) is 0. The maximum atomic E-state index is 6.07. The first-order chi connectivity index (χ1) is 12.7. The van der Waals surface area contributed by atoms with Crippen molar-refractivity contribution in [2.75, 3.05) is 19.7 Å². The number of aryl methyl sites for hydroxylation is 2. The van der Waals surface area contributed by atoms with Gasteiger partial charge in [0.25, 0.3) is 0 Å². The van der Waals surface area contributed by atoms with Gasteiger partial charge in [0.1, 0.15) is 5.75 Å². The summed E-state index contributed by atoms with van der Waals surface area (Å²) in [6.07, 6.45) is 4.22. The lowest BCUT2D eigenvalue weighted by Crippen LogP contribution is -2.16. The zero-order valence-corrected chi connectivity index (χ0v) is 16.0. The molecule has 26 heavy (non-hydrogen) atoms. The SMILES string of the molecule is Cc1cc(OCCCc2cccc3[nH]c4c(c23)CCNCC4)ccc1Cl. The molecule has 1 aliphatic rings. The van der Waals surface area contributed by atoms with Crippen molar-refractivity contribution < 1.29 is 4.74 Å². The Hall–Kier alpha value is -1.97. The summed E-state index contributed by atoms with van der Waals surface area (Å²) in [5.41, 5.74) is 6.68. The predicted molar refractivity (Wildman–Crippen MR) is 109 cm³/mol. The summed E-state index contributed by atoms with van der Waals surface area (Å²) >= 11 is 6.07. The Morgan fingerprint density at radius 1 is 1.12 bits per heavy atom. The van der Waals surface area contributed by atoms with E-state index in [4.69, 9.17) is 16.3 Å². The molecule has 3 aromatic rings. The van der Waals surface area contributed by atoms with Crippen LogP contribution in [0.4, 0.5) is 0 Å². The molecule has 0 atom stereocenters. The number of fused-ring (bicyclic) bond motifs is 3. The molecule has 1 aliphatic heterocycles. The third-order valence-electron chi connectivity index (χ3n) is 5.19. The van der Waals surface area contributed by atoms with Gasteiger partial charge < -0.3 is 15.0 Å². The molecule has 0 fully saturated rings. The third kappa shape index (κ3) is 3.60. The molecule has 4 heteroatoms. The van der Waals surface area contributed by atoms with Crippen molar-refractivity contribution in [3.8, 4) is 5.75 Å². The highest BCUT2D eigenvalue weighted by Gasteiger charge is 2.16. The Labute approximate surface area is 159 Å². The summed E-state index contributed by atoms with van der Waals surface area (Å²) in [5, 5.41) is 5.72. The lowest BCUT2D eigenvalue weighted by Gasteiger charge is -2.09. The Bertz CT molecular complexity index is 916. The van der Waals surface area contributed by atoms with Gasteiger partial charge in [-0.15, -0.1) is 0 Å². The van der Waals surface area contributed by atoms with Crippen LogP contribution in [-0.2, 0) is 19.3 Å². The fourth-order valence-electron chi connectivity index (χ4n) is 3.86. The van der Waals surface area contributed by atoms with Crippen LogP contribution in [0.25, 0.3) is 10.9 Å². The topological polar surface area (TPSA) is 37.0 Å². The molecule has 0 radical (unpaired) electrons. The lowest BCUT2D eigenvalue weighted by atomic mass is 9.99. The van der Waals surface area contributed by atoms with Gasteiger partial charge in [-0.1, -0.05) is 23.7 Å². The molecule has 136 valence electrons. The van der Waals surface area contributed by atoms with Crippen molar-refractivity contribution in [2.45, 2.75) is 32.6 Å². The van der Waals surface area contributed by atoms with Crippen molar-refractivity contribution >= 4 is 22.5 Å². The average molecular weight is 369 g/mol. The quantitative estimate of drug-likeness (QED) is 0.633. The van der Waals surface area contributed by atoms with Crippen LogP contribution in [0.5, 0.6) is 5.75 Å². The molecule has 2 aromatic carbocycles. The Kier molecular flexibility index (Phi) is 5.18. The number of hydrogen-bond acceptors (Lipinski definition) is 2. The van der Waals surface area contributed by atoms with Crippen LogP contribution in [0.3, 0.4) is 0 Å². The fourth-order valence-corrected chi connectivity index (χ4v) is 3.98. The van der Waals surface area contributed by atoms with Crippen LogP contribution in [0, 0.1) is 6.92 Å². The maximum Gasteiger partial charge on any atom is 0.119 e. The second-order valence-corrected chi connectivity index (χ2v) is 7.44. The minimum Gasteiger partial charge on any atom is -0.494 e. The molecule has 0 bridgehead atoms. The molecule has 0 aliphatic carbocycles. The van der Waals surface area contributed by atoms with E-state index in [1.165, 1.54) is 27.7 Å². The van der Waals surface area contributed by atoms with Crippen LogP contribution < -0.4 is 10.1 Å². The van der Waals surface area contributed by atoms with Crippen LogP contribution in [0.2, 0.25) is 5.02 Å². The van der Waals surface area contributed by atoms with Crippen LogP contribution >= 0.6 is 11.6 Å². The highest BCUT2D eigenvalue weighted by Crippen LogP contribution is 2.29. The standard InChI is InChI=1S/C22H25ClN2O/c1-15-14-17(7-8-19(15)23)26-13-3-5-16-4-2-6-21-22(16)18-9-11-24-12-10-20(18)25-21/h2,4,6-8,14,24-25H,3,5,9-13H2,1H3. The first-order valence-corrected chi connectivity index (χ1v) is 9.81. The lowest BCUT2D eigenvalue weighted by molar-refractivity contribution is 0.311. The number of halogens is 1. The number of ether oxygens (including phenoxy) is 1.